The number of hydrogen-bond acceptors (Lipinski definition) is 9. The number of rotatable bonds is 9. The van der Waals surface area contributed by atoms with Crippen LogP contribution < -0.4 is 20.9 Å². The summed E-state index contributed by atoms with van der Waals surface area (Å²) in [5, 5.41) is 21.4. The molecule has 4 heterocycles. The molecule has 0 saturated carbocycles. The molecule has 0 spiro atoms. The Morgan fingerprint density at radius 1 is 1.09 bits per heavy atom. The highest BCUT2D eigenvalue weighted by Gasteiger charge is 2.24. The van der Waals surface area contributed by atoms with Crippen molar-refractivity contribution >= 4 is 45.5 Å². The lowest BCUT2D eigenvalue weighted by molar-refractivity contribution is -0.0281. The number of nitrogens with zero attached hydrogens (tertiary/aromatic N) is 4. The van der Waals surface area contributed by atoms with Crippen molar-refractivity contribution in [2.24, 2.45) is 7.05 Å². The minimum absolute atomic E-state index is 0.0723. The van der Waals surface area contributed by atoms with E-state index in [0.717, 1.165) is 16.3 Å². The van der Waals surface area contributed by atoms with Gasteiger partial charge in [0.05, 0.1) is 52.8 Å². The topological polar surface area (TPSA) is 123 Å². The van der Waals surface area contributed by atoms with Gasteiger partial charge in [-0.15, -0.1) is 0 Å². The summed E-state index contributed by atoms with van der Waals surface area (Å²) in [5.74, 6) is 0.339. The third kappa shape index (κ3) is 6.65. The number of aryl methyl sites for hydroxylation is 1. The van der Waals surface area contributed by atoms with E-state index in [2.05, 4.69) is 20.7 Å². The number of nitrogens with one attached hydrogen (secondary N) is 2. The van der Waals surface area contributed by atoms with Crippen LogP contribution in [0, 0.1) is 0 Å². The van der Waals surface area contributed by atoms with Gasteiger partial charge in [-0.3, -0.25) is 4.79 Å². The molecular weight excluding hydrogens is 653 g/mol. The van der Waals surface area contributed by atoms with Crippen LogP contribution in [0.25, 0.3) is 33.2 Å². The molecule has 0 radical (unpaired) electrons. The van der Waals surface area contributed by atoms with Gasteiger partial charge in [-0.2, -0.15) is 5.10 Å². The second-order valence-corrected chi connectivity index (χ2v) is 11.7. The van der Waals surface area contributed by atoms with Crippen molar-refractivity contribution in [3.8, 4) is 28.3 Å². The molecule has 14 heteroatoms. The van der Waals surface area contributed by atoms with Crippen molar-refractivity contribution in [2.75, 3.05) is 25.6 Å². The molecule has 2 atom stereocenters. The fourth-order valence-electron chi connectivity index (χ4n) is 5.51. The Morgan fingerprint density at radius 2 is 1.83 bits per heavy atom. The van der Waals surface area contributed by atoms with E-state index in [1.807, 2.05) is 24.3 Å². The highest BCUT2D eigenvalue weighted by atomic mass is 35.5. The summed E-state index contributed by atoms with van der Waals surface area (Å²) in [6.07, 6.45) is -1.43. The van der Waals surface area contributed by atoms with E-state index in [0.29, 0.717) is 65.2 Å². The highest BCUT2D eigenvalue weighted by molar-refractivity contribution is 6.39. The number of benzene rings is 2. The molecular formula is C33H30Cl2F2N6O4. The molecule has 3 N–H and O–H groups in total. The molecule has 0 aliphatic carbocycles. The maximum Gasteiger partial charge on any atom is 0.280 e. The predicted molar refractivity (Wildman–Crippen MR) is 177 cm³/mol. The lowest BCUT2D eigenvalue weighted by atomic mass is 10.00. The summed E-state index contributed by atoms with van der Waals surface area (Å²) in [6.45, 7) is 1.31. The monoisotopic (exact) mass is 682 g/mol. The summed E-state index contributed by atoms with van der Waals surface area (Å²) in [5.41, 5.74) is 2.47. The Labute approximate surface area is 278 Å². The number of fused-ring (bicyclic) bond motifs is 1. The standard InChI is InChI=1S/C33H30Cl2F2N6O4/c1-43-33(45)27-18(15-39-43)13-25(30(36)37)41-31(27)40-24-8-4-6-20(29(24)35)19-5-3-7-21(28(19)34)22-10-9-17(32(42-22)46-2)14-38-23-11-12-47-16-26(23)44/h3-10,13,15,23,26,30,38,44H,11-12,14,16H2,1-2H3,(H,40,41). The highest BCUT2D eigenvalue weighted by Crippen LogP contribution is 2.42. The third-order valence-corrected chi connectivity index (χ3v) is 8.82. The molecule has 5 aromatic rings. The van der Waals surface area contributed by atoms with Gasteiger partial charge in [0.25, 0.3) is 12.0 Å². The molecule has 0 amide bonds. The van der Waals surface area contributed by atoms with E-state index in [1.54, 1.807) is 24.3 Å². The summed E-state index contributed by atoms with van der Waals surface area (Å²) in [4.78, 5) is 21.7. The summed E-state index contributed by atoms with van der Waals surface area (Å²) in [6, 6.07) is 15.4. The van der Waals surface area contributed by atoms with Crippen molar-refractivity contribution in [1.82, 2.24) is 25.1 Å². The van der Waals surface area contributed by atoms with E-state index < -0.39 is 23.8 Å². The van der Waals surface area contributed by atoms with Crippen molar-refractivity contribution in [1.29, 1.82) is 0 Å². The third-order valence-electron chi connectivity index (χ3n) is 8.00. The molecule has 6 rings (SSSR count). The number of methoxy groups -OCH3 is 1. The number of alkyl halides is 2. The number of aromatic nitrogens is 4. The first-order valence-corrected chi connectivity index (χ1v) is 15.4. The van der Waals surface area contributed by atoms with Crippen LogP contribution in [0.1, 0.15) is 24.1 Å². The number of aliphatic hydroxyl groups excluding tert-OH is 1. The molecule has 3 aromatic heterocycles. The first kappa shape index (κ1) is 32.7. The normalized spacial score (nSPS) is 16.5. The van der Waals surface area contributed by atoms with E-state index in [9.17, 15) is 18.7 Å². The maximum atomic E-state index is 13.7. The minimum atomic E-state index is -2.87. The van der Waals surface area contributed by atoms with Gasteiger partial charge in [0, 0.05) is 53.9 Å². The minimum Gasteiger partial charge on any atom is -0.481 e. The first-order chi connectivity index (χ1) is 22.7. The Morgan fingerprint density at radius 3 is 2.57 bits per heavy atom. The lowest BCUT2D eigenvalue weighted by Crippen LogP contribution is -2.46. The number of ether oxygens (including phenoxy) is 2. The molecule has 10 nitrogen and oxygen atoms in total. The zero-order chi connectivity index (χ0) is 33.2. The second kappa shape index (κ2) is 13.9. The van der Waals surface area contributed by atoms with Crippen LogP contribution in [0.4, 0.5) is 20.3 Å². The van der Waals surface area contributed by atoms with Crippen LogP contribution in [-0.2, 0) is 18.3 Å². The van der Waals surface area contributed by atoms with Gasteiger partial charge in [0.15, 0.2) is 0 Å². The quantitative estimate of drug-likeness (QED) is 0.164. The fourth-order valence-corrected chi connectivity index (χ4v) is 6.11. The van der Waals surface area contributed by atoms with E-state index >= 15 is 0 Å². The van der Waals surface area contributed by atoms with Gasteiger partial charge in [-0.05, 0) is 24.6 Å². The van der Waals surface area contributed by atoms with E-state index in [4.69, 9.17) is 37.7 Å². The smallest absolute Gasteiger partial charge is 0.280 e. The molecule has 2 unspecified atom stereocenters. The second-order valence-electron chi connectivity index (χ2n) is 11.0. The maximum absolute atomic E-state index is 13.7. The number of pyridine rings is 2. The summed E-state index contributed by atoms with van der Waals surface area (Å²) >= 11 is 13.9. The lowest BCUT2D eigenvalue weighted by Gasteiger charge is -2.28. The average molecular weight is 684 g/mol. The van der Waals surface area contributed by atoms with Crippen LogP contribution in [0.15, 0.2) is 65.6 Å². The van der Waals surface area contributed by atoms with Gasteiger partial charge in [-0.25, -0.2) is 23.4 Å². The molecule has 1 aliphatic rings. The van der Waals surface area contributed by atoms with Gasteiger partial charge >= 0.3 is 0 Å². The van der Waals surface area contributed by atoms with Crippen molar-refractivity contribution in [2.45, 2.75) is 31.5 Å². The Kier molecular flexibility index (Phi) is 9.67. The largest absolute Gasteiger partial charge is 0.481 e. The Bertz CT molecular complexity index is 2010. The average Bonchev–Trinajstić information content (AvgIpc) is 3.07. The van der Waals surface area contributed by atoms with Crippen LogP contribution in [-0.4, -0.2) is 57.3 Å². The summed E-state index contributed by atoms with van der Waals surface area (Å²) < 4.78 is 39.4. The van der Waals surface area contributed by atoms with Crippen LogP contribution in [0.5, 0.6) is 5.88 Å². The van der Waals surface area contributed by atoms with Crippen LogP contribution in [0.3, 0.4) is 0 Å². The van der Waals surface area contributed by atoms with Gasteiger partial charge in [0.1, 0.15) is 11.5 Å². The zero-order valence-corrected chi connectivity index (χ0v) is 26.8. The Hall–Kier alpha value is -4.20. The first-order valence-electron chi connectivity index (χ1n) is 14.7. The van der Waals surface area contributed by atoms with Gasteiger partial charge in [0.2, 0.25) is 5.88 Å². The molecule has 244 valence electrons. The summed E-state index contributed by atoms with van der Waals surface area (Å²) in [7, 11) is 3.00. The molecule has 1 saturated heterocycles. The molecule has 0 bridgehead atoms. The number of hydrogen-bond donors (Lipinski definition) is 3. The van der Waals surface area contributed by atoms with Gasteiger partial charge < -0.3 is 25.2 Å². The van der Waals surface area contributed by atoms with Crippen molar-refractivity contribution < 1.29 is 23.4 Å². The predicted octanol–water partition coefficient (Wildman–Crippen LogP) is 6.29. The van der Waals surface area contributed by atoms with E-state index in [1.165, 1.54) is 20.4 Å². The van der Waals surface area contributed by atoms with Crippen LogP contribution in [0.2, 0.25) is 10.0 Å². The molecule has 1 aliphatic heterocycles. The SMILES string of the molecule is COc1nc(-c2cccc(-c3cccc(Nc4nc(C(F)F)cc5cnn(C)c(=O)c45)c3Cl)c2Cl)ccc1CNC1CCOCC1O. The number of anilines is 2. The number of halogens is 4. The van der Waals surface area contributed by atoms with Crippen LogP contribution >= 0.6 is 23.2 Å². The zero-order valence-electron chi connectivity index (χ0n) is 25.3. The van der Waals surface area contributed by atoms with E-state index in [-0.39, 0.29) is 27.7 Å². The Balaban J connectivity index is 1.33. The fraction of sp³-hybridized carbons (Fsp3) is 0.273. The van der Waals surface area contributed by atoms with Gasteiger partial charge in [-0.1, -0.05) is 59.6 Å². The van der Waals surface area contributed by atoms with Crippen molar-refractivity contribution in [3.63, 3.8) is 0 Å². The molecule has 1 fully saturated rings. The molecule has 2 aromatic carbocycles. The molecule has 47 heavy (non-hydrogen) atoms. The van der Waals surface area contributed by atoms with Crippen molar-refractivity contribution in [3.05, 3.63) is 92.5 Å². The number of aliphatic hydroxyl groups is 1.